The molecular formula is C23H31N3O2. The van der Waals surface area contributed by atoms with E-state index in [4.69, 9.17) is 0 Å². The maximum Gasteiger partial charge on any atom is 0.251 e. The van der Waals surface area contributed by atoms with Gasteiger partial charge in [-0.15, -0.1) is 0 Å². The van der Waals surface area contributed by atoms with E-state index in [1.165, 1.54) is 5.56 Å². The van der Waals surface area contributed by atoms with E-state index in [2.05, 4.69) is 41.5 Å². The van der Waals surface area contributed by atoms with Crippen LogP contribution in [0.1, 0.15) is 46.9 Å². The van der Waals surface area contributed by atoms with Gasteiger partial charge in [0.2, 0.25) is 5.91 Å². The number of nitrogens with zero attached hydrogens (tertiary/aromatic N) is 1. The van der Waals surface area contributed by atoms with Crippen molar-refractivity contribution in [1.29, 1.82) is 0 Å². The molecule has 0 aliphatic rings. The van der Waals surface area contributed by atoms with Gasteiger partial charge in [0.05, 0.1) is 12.6 Å². The van der Waals surface area contributed by atoms with Crippen LogP contribution in [-0.2, 0) is 4.79 Å². The molecule has 2 N–H and O–H groups in total. The quantitative estimate of drug-likeness (QED) is 0.701. The Morgan fingerprint density at radius 2 is 1.54 bits per heavy atom. The molecule has 5 nitrogen and oxygen atoms in total. The lowest BCUT2D eigenvalue weighted by Crippen LogP contribution is -2.42. The van der Waals surface area contributed by atoms with Gasteiger partial charge in [-0.1, -0.05) is 61.4 Å². The number of amides is 2. The van der Waals surface area contributed by atoms with Crippen molar-refractivity contribution >= 4 is 11.8 Å². The van der Waals surface area contributed by atoms with E-state index < -0.39 is 0 Å². The van der Waals surface area contributed by atoms with Gasteiger partial charge in [0, 0.05) is 12.1 Å². The Morgan fingerprint density at radius 3 is 2.11 bits per heavy atom. The number of benzene rings is 2. The van der Waals surface area contributed by atoms with Crippen LogP contribution in [0.3, 0.4) is 0 Å². The molecule has 2 aromatic carbocycles. The van der Waals surface area contributed by atoms with E-state index in [1.54, 1.807) is 0 Å². The number of carbonyl (C=O) groups is 2. The summed E-state index contributed by atoms with van der Waals surface area (Å²) in [5, 5.41) is 5.67. The number of hydrogen-bond donors (Lipinski definition) is 2. The monoisotopic (exact) mass is 381 g/mol. The van der Waals surface area contributed by atoms with E-state index in [-0.39, 0.29) is 24.4 Å². The molecule has 0 fully saturated rings. The van der Waals surface area contributed by atoms with Crippen molar-refractivity contribution in [2.75, 3.05) is 26.2 Å². The molecule has 0 spiro atoms. The number of aryl methyl sites for hydroxylation is 2. The van der Waals surface area contributed by atoms with Crippen LogP contribution in [0.4, 0.5) is 0 Å². The fraction of sp³-hybridized carbons (Fsp3) is 0.391. The lowest BCUT2D eigenvalue weighted by molar-refractivity contribution is -0.120. The zero-order chi connectivity index (χ0) is 20.5. The van der Waals surface area contributed by atoms with Crippen LogP contribution in [0.25, 0.3) is 0 Å². The number of rotatable bonds is 9. The van der Waals surface area contributed by atoms with Crippen LogP contribution >= 0.6 is 0 Å². The van der Waals surface area contributed by atoms with Crippen LogP contribution in [0.5, 0.6) is 0 Å². The molecule has 2 aromatic rings. The average molecular weight is 382 g/mol. The smallest absolute Gasteiger partial charge is 0.251 e. The topological polar surface area (TPSA) is 61.4 Å². The third kappa shape index (κ3) is 6.20. The molecule has 0 saturated carbocycles. The molecule has 1 unspecified atom stereocenters. The Hall–Kier alpha value is -2.66. The molecule has 0 radical (unpaired) electrons. The van der Waals surface area contributed by atoms with Gasteiger partial charge < -0.3 is 10.6 Å². The van der Waals surface area contributed by atoms with Crippen molar-refractivity contribution in [3.05, 3.63) is 70.8 Å². The number of hydrogen-bond acceptors (Lipinski definition) is 3. The fourth-order valence-electron chi connectivity index (χ4n) is 3.44. The average Bonchev–Trinajstić information content (AvgIpc) is 2.69. The summed E-state index contributed by atoms with van der Waals surface area (Å²) in [4.78, 5) is 26.9. The molecule has 2 rings (SSSR count). The first-order valence-corrected chi connectivity index (χ1v) is 9.86. The molecule has 0 heterocycles. The van der Waals surface area contributed by atoms with Gasteiger partial charge in [-0.3, -0.25) is 14.5 Å². The highest BCUT2D eigenvalue weighted by atomic mass is 16.2. The summed E-state index contributed by atoms with van der Waals surface area (Å²) in [7, 11) is 0. The highest BCUT2D eigenvalue weighted by Gasteiger charge is 2.18. The van der Waals surface area contributed by atoms with Crippen molar-refractivity contribution in [3.8, 4) is 0 Å². The van der Waals surface area contributed by atoms with Gasteiger partial charge in [0.15, 0.2) is 0 Å². The first-order chi connectivity index (χ1) is 13.4. The molecule has 0 saturated heterocycles. The third-order valence-electron chi connectivity index (χ3n) is 4.82. The van der Waals surface area contributed by atoms with E-state index in [0.717, 1.165) is 24.2 Å². The maximum atomic E-state index is 12.3. The van der Waals surface area contributed by atoms with Gasteiger partial charge in [-0.05, 0) is 44.6 Å². The summed E-state index contributed by atoms with van der Waals surface area (Å²) in [6, 6.07) is 15.9. The Labute approximate surface area is 168 Å². The molecule has 150 valence electrons. The molecule has 0 aliphatic heterocycles. The molecular weight excluding hydrogens is 350 g/mol. The van der Waals surface area contributed by atoms with E-state index >= 15 is 0 Å². The van der Waals surface area contributed by atoms with Crippen LogP contribution in [0, 0.1) is 13.8 Å². The maximum absolute atomic E-state index is 12.3. The predicted octanol–water partition coefficient (Wildman–Crippen LogP) is 3.23. The highest BCUT2D eigenvalue weighted by molar-refractivity contribution is 5.96. The SMILES string of the molecule is CCN(CC)C(CNC(=O)CNC(=O)c1cc(C)cc(C)c1)c1ccccc1. The first kappa shape index (κ1) is 21.6. The lowest BCUT2D eigenvalue weighted by Gasteiger charge is -2.30. The highest BCUT2D eigenvalue weighted by Crippen LogP contribution is 2.19. The van der Waals surface area contributed by atoms with Crippen LogP contribution < -0.4 is 10.6 Å². The molecule has 0 aromatic heterocycles. The third-order valence-corrected chi connectivity index (χ3v) is 4.82. The van der Waals surface area contributed by atoms with Crippen molar-refractivity contribution < 1.29 is 9.59 Å². The van der Waals surface area contributed by atoms with Crippen molar-refractivity contribution in [1.82, 2.24) is 15.5 Å². The van der Waals surface area contributed by atoms with Crippen molar-refractivity contribution in [3.63, 3.8) is 0 Å². The van der Waals surface area contributed by atoms with Crippen molar-refractivity contribution in [2.45, 2.75) is 33.7 Å². The standard InChI is InChI=1S/C23H31N3O2/c1-5-26(6-2)21(19-10-8-7-9-11-19)15-24-22(27)16-25-23(28)20-13-17(3)12-18(4)14-20/h7-14,21H,5-6,15-16H2,1-4H3,(H,24,27)(H,25,28). The van der Waals surface area contributed by atoms with Gasteiger partial charge in [-0.2, -0.15) is 0 Å². The summed E-state index contributed by atoms with van der Waals surface area (Å²) in [6.07, 6.45) is 0. The Morgan fingerprint density at radius 1 is 0.929 bits per heavy atom. The Balaban J connectivity index is 1.92. The molecule has 28 heavy (non-hydrogen) atoms. The summed E-state index contributed by atoms with van der Waals surface area (Å²) < 4.78 is 0. The van der Waals surface area contributed by atoms with Gasteiger partial charge in [-0.25, -0.2) is 0 Å². The lowest BCUT2D eigenvalue weighted by atomic mass is 10.1. The Bertz CT molecular complexity index is 765. The zero-order valence-electron chi connectivity index (χ0n) is 17.3. The second-order valence-corrected chi connectivity index (χ2v) is 7.01. The minimum absolute atomic E-state index is 0.0361. The summed E-state index contributed by atoms with van der Waals surface area (Å²) in [5.41, 5.74) is 3.81. The van der Waals surface area contributed by atoms with E-state index in [9.17, 15) is 9.59 Å². The van der Waals surface area contributed by atoms with Crippen LogP contribution in [0.2, 0.25) is 0 Å². The fourth-order valence-corrected chi connectivity index (χ4v) is 3.44. The minimum Gasteiger partial charge on any atom is -0.353 e. The van der Waals surface area contributed by atoms with Crippen LogP contribution in [-0.4, -0.2) is 42.9 Å². The minimum atomic E-state index is -0.231. The normalized spacial score (nSPS) is 11.9. The van der Waals surface area contributed by atoms with E-state index in [1.807, 2.05) is 50.2 Å². The number of carbonyl (C=O) groups excluding carboxylic acids is 2. The second-order valence-electron chi connectivity index (χ2n) is 7.01. The van der Waals surface area contributed by atoms with Gasteiger partial charge in [0.25, 0.3) is 5.91 Å². The molecule has 2 amide bonds. The molecule has 5 heteroatoms. The molecule has 0 bridgehead atoms. The number of likely N-dealkylation sites (N-methyl/N-ethyl adjacent to an activating group) is 1. The van der Waals surface area contributed by atoms with Gasteiger partial charge in [0.1, 0.15) is 0 Å². The summed E-state index contributed by atoms with van der Waals surface area (Å²) in [6.45, 7) is 10.4. The number of nitrogens with one attached hydrogen (secondary N) is 2. The molecule has 0 aliphatic carbocycles. The largest absolute Gasteiger partial charge is 0.353 e. The van der Waals surface area contributed by atoms with Gasteiger partial charge >= 0.3 is 0 Å². The summed E-state index contributed by atoms with van der Waals surface area (Å²) >= 11 is 0. The zero-order valence-corrected chi connectivity index (χ0v) is 17.3. The summed E-state index contributed by atoms with van der Waals surface area (Å²) in [5.74, 6) is -0.420. The Kier molecular flexibility index (Phi) is 8.20. The van der Waals surface area contributed by atoms with Crippen molar-refractivity contribution in [2.24, 2.45) is 0 Å². The predicted molar refractivity (Wildman–Crippen MR) is 113 cm³/mol. The van der Waals surface area contributed by atoms with E-state index in [0.29, 0.717) is 12.1 Å². The second kappa shape index (κ2) is 10.6. The van der Waals surface area contributed by atoms with Crippen LogP contribution in [0.15, 0.2) is 48.5 Å². The first-order valence-electron chi connectivity index (χ1n) is 9.86. The molecule has 1 atom stereocenters.